The summed E-state index contributed by atoms with van der Waals surface area (Å²) in [6.07, 6.45) is 0.245. The fraction of sp³-hybridized carbons (Fsp3) is 0.455. The van der Waals surface area contributed by atoms with Gasteiger partial charge in [0.2, 0.25) is 0 Å². The molecule has 0 spiro atoms. The van der Waals surface area contributed by atoms with Crippen molar-refractivity contribution in [1.82, 2.24) is 5.32 Å². The molecule has 1 heterocycles. The van der Waals surface area contributed by atoms with Crippen LogP contribution in [-0.2, 0) is 4.74 Å². The van der Waals surface area contributed by atoms with Gasteiger partial charge < -0.3 is 10.1 Å². The first-order chi connectivity index (χ1) is 6.36. The predicted molar refractivity (Wildman–Crippen MR) is 52.7 cm³/mol. The lowest BCUT2D eigenvalue weighted by Gasteiger charge is -2.23. The highest BCUT2D eigenvalue weighted by Crippen LogP contribution is 2.18. The summed E-state index contributed by atoms with van der Waals surface area (Å²) >= 11 is 0. The number of hydrogen-bond acceptors (Lipinski definition) is 2. The molecule has 1 aromatic carbocycles. The minimum atomic E-state index is 0.245. The summed E-state index contributed by atoms with van der Waals surface area (Å²) in [6.45, 7) is 4.83. The fourth-order valence-electron chi connectivity index (χ4n) is 1.56. The first-order valence-electron chi connectivity index (χ1n) is 4.75. The molecule has 0 radical (unpaired) electrons. The summed E-state index contributed by atoms with van der Waals surface area (Å²) in [6, 6.07) is 8.56. The van der Waals surface area contributed by atoms with Gasteiger partial charge in [0.15, 0.2) is 0 Å². The lowest BCUT2D eigenvalue weighted by molar-refractivity contribution is 0.0277. The van der Waals surface area contributed by atoms with E-state index in [0.717, 1.165) is 19.7 Å². The van der Waals surface area contributed by atoms with Crippen LogP contribution in [0, 0.1) is 6.92 Å². The third-order valence-electron chi connectivity index (χ3n) is 2.38. The number of hydrogen-bond donors (Lipinski definition) is 1. The Morgan fingerprint density at radius 3 is 2.69 bits per heavy atom. The molecule has 1 aromatic rings. The van der Waals surface area contributed by atoms with Crippen molar-refractivity contribution in [3.63, 3.8) is 0 Å². The molecular formula is C11H15NO. The van der Waals surface area contributed by atoms with Gasteiger partial charge in [-0.05, 0) is 12.5 Å². The highest BCUT2D eigenvalue weighted by Gasteiger charge is 2.14. The van der Waals surface area contributed by atoms with Gasteiger partial charge in [-0.15, -0.1) is 0 Å². The molecule has 0 saturated carbocycles. The van der Waals surface area contributed by atoms with Crippen LogP contribution < -0.4 is 5.32 Å². The Labute approximate surface area is 78.9 Å². The van der Waals surface area contributed by atoms with Crippen LogP contribution in [0.4, 0.5) is 0 Å². The average molecular weight is 177 g/mol. The highest BCUT2D eigenvalue weighted by atomic mass is 16.5. The Bertz CT molecular complexity index is 262. The van der Waals surface area contributed by atoms with Crippen LogP contribution in [0.3, 0.4) is 0 Å². The Kier molecular flexibility index (Phi) is 2.62. The van der Waals surface area contributed by atoms with E-state index in [0.29, 0.717) is 0 Å². The van der Waals surface area contributed by atoms with Crippen molar-refractivity contribution < 1.29 is 4.74 Å². The second-order valence-corrected chi connectivity index (χ2v) is 3.47. The molecule has 1 fully saturated rings. The van der Waals surface area contributed by atoms with Crippen LogP contribution in [0.5, 0.6) is 0 Å². The lowest BCUT2D eigenvalue weighted by atomic mass is 10.1. The van der Waals surface area contributed by atoms with Crippen molar-refractivity contribution in [2.75, 3.05) is 19.7 Å². The summed E-state index contributed by atoms with van der Waals surface area (Å²) in [5, 5.41) is 3.32. The molecular weight excluding hydrogens is 162 g/mol. The van der Waals surface area contributed by atoms with E-state index in [9.17, 15) is 0 Å². The first kappa shape index (κ1) is 8.73. The van der Waals surface area contributed by atoms with E-state index in [1.807, 2.05) is 0 Å². The number of aryl methyl sites for hydroxylation is 1. The molecule has 0 aromatic heterocycles. The van der Waals surface area contributed by atoms with Gasteiger partial charge in [-0.25, -0.2) is 0 Å². The van der Waals surface area contributed by atoms with Crippen LogP contribution in [-0.4, -0.2) is 19.7 Å². The van der Waals surface area contributed by atoms with Crippen molar-refractivity contribution in [2.24, 2.45) is 0 Å². The largest absolute Gasteiger partial charge is 0.371 e. The summed E-state index contributed by atoms with van der Waals surface area (Å²) < 4.78 is 5.64. The Hall–Kier alpha value is -0.860. The Morgan fingerprint density at radius 1 is 1.31 bits per heavy atom. The highest BCUT2D eigenvalue weighted by molar-refractivity contribution is 5.23. The molecule has 1 aliphatic heterocycles. The van der Waals surface area contributed by atoms with Gasteiger partial charge in [-0.2, -0.15) is 0 Å². The maximum atomic E-state index is 5.64. The zero-order chi connectivity index (χ0) is 9.10. The smallest absolute Gasteiger partial charge is 0.0949 e. The molecule has 2 nitrogen and oxygen atoms in total. The summed E-state index contributed by atoms with van der Waals surface area (Å²) in [4.78, 5) is 0. The lowest BCUT2D eigenvalue weighted by Crippen LogP contribution is -2.33. The zero-order valence-electron chi connectivity index (χ0n) is 7.92. The van der Waals surface area contributed by atoms with Gasteiger partial charge in [0.1, 0.15) is 0 Å². The standard InChI is InChI=1S/C11H15NO/c1-9-2-4-10(5-3-9)11-8-12-6-7-13-11/h2-5,11-12H,6-8H2,1H3/t11-/m0/s1. The van der Waals surface area contributed by atoms with Gasteiger partial charge in [0, 0.05) is 13.1 Å². The van der Waals surface area contributed by atoms with Gasteiger partial charge >= 0.3 is 0 Å². The molecule has 1 saturated heterocycles. The molecule has 1 aliphatic rings. The van der Waals surface area contributed by atoms with Gasteiger partial charge in [-0.1, -0.05) is 29.8 Å². The molecule has 0 amide bonds. The second-order valence-electron chi connectivity index (χ2n) is 3.47. The van der Waals surface area contributed by atoms with Crippen LogP contribution in [0.15, 0.2) is 24.3 Å². The first-order valence-corrected chi connectivity index (χ1v) is 4.75. The van der Waals surface area contributed by atoms with Crippen molar-refractivity contribution in [1.29, 1.82) is 0 Å². The molecule has 2 rings (SSSR count). The molecule has 0 unspecified atom stereocenters. The normalized spacial score (nSPS) is 23.0. The summed E-state index contributed by atoms with van der Waals surface area (Å²) in [5.74, 6) is 0. The number of ether oxygens (including phenoxy) is 1. The quantitative estimate of drug-likeness (QED) is 0.704. The molecule has 0 bridgehead atoms. The van der Waals surface area contributed by atoms with E-state index in [4.69, 9.17) is 4.74 Å². The van der Waals surface area contributed by atoms with E-state index < -0.39 is 0 Å². The second kappa shape index (κ2) is 3.90. The van der Waals surface area contributed by atoms with Crippen molar-refractivity contribution in [3.05, 3.63) is 35.4 Å². The van der Waals surface area contributed by atoms with E-state index in [2.05, 4.69) is 36.5 Å². The number of morpholine rings is 1. The average Bonchev–Trinajstić information content (AvgIpc) is 2.20. The van der Waals surface area contributed by atoms with Gasteiger partial charge in [0.25, 0.3) is 0 Å². The molecule has 2 heteroatoms. The number of rotatable bonds is 1. The minimum absolute atomic E-state index is 0.245. The zero-order valence-corrected chi connectivity index (χ0v) is 7.92. The van der Waals surface area contributed by atoms with Gasteiger partial charge in [0.05, 0.1) is 12.7 Å². The molecule has 0 aliphatic carbocycles. The molecule has 1 N–H and O–H groups in total. The summed E-state index contributed by atoms with van der Waals surface area (Å²) in [5.41, 5.74) is 2.57. The number of benzene rings is 1. The number of nitrogens with one attached hydrogen (secondary N) is 1. The SMILES string of the molecule is Cc1ccc([C@@H]2CNCCO2)cc1. The Balaban J connectivity index is 2.10. The van der Waals surface area contributed by atoms with Crippen LogP contribution >= 0.6 is 0 Å². The van der Waals surface area contributed by atoms with E-state index in [1.54, 1.807) is 0 Å². The van der Waals surface area contributed by atoms with E-state index in [-0.39, 0.29) is 6.10 Å². The summed E-state index contributed by atoms with van der Waals surface area (Å²) in [7, 11) is 0. The van der Waals surface area contributed by atoms with E-state index in [1.165, 1.54) is 11.1 Å². The molecule has 70 valence electrons. The van der Waals surface area contributed by atoms with Crippen molar-refractivity contribution >= 4 is 0 Å². The third-order valence-corrected chi connectivity index (χ3v) is 2.38. The topological polar surface area (TPSA) is 21.3 Å². The minimum Gasteiger partial charge on any atom is -0.371 e. The molecule has 13 heavy (non-hydrogen) atoms. The van der Waals surface area contributed by atoms with Crippen molar-refractivity contribution in [3.8, 4) is 0 Å². The predicted octanol–water partition coefficient (Wildman–Crippen LogP) is 1.66. The van der Waals surface area contributed by atoms with Crippen LogP contribution in [0.25, 0.3) is 0 Å². The van der Waals surface area contributed by atoms with Gasteiger partial charge in [-0.3, -0.25) is 0 Å². The monoisotopic (exact) mass is 177 g/mol. The van der Waals surface area contributed by atoms with Crippen LogP contribution in [0.2, 0.25) is 0 Å². The maximum absolute atomic E-state index is 5.64. The third kappa shape index (κ3) is 2.08. The van der Waals surface area contributed by atoms with Crippen molar-refractivity contribution in [2.45, 2.75) is 13.0 Å². The Morgan fingerprint density at radius 2 is 2.08 bits per heavy atom. The van der Waals surface area contributed by atoms with E-state index >= 15 is 0 Å². The maximum Gasteiger partial charge on any atom is 0.0949 e. The van der Waals surface area contributed by atoms with Crippen LogP contribution in [0.1, 0.15) is 17.2 Å². The molecule has 1 atom stereocenters. The fourth-order valence-corrected chi connectivity index (χ4v) is 1.56.